The van der Waals surface area contributed by atoms with Crippen LogP contribution >= 0.6 is 0 Å². The molecule has 3 aromatic rings. The van der Waals surface area contributed by atoms with Gasteiger partial charge in [0.25, 0.3) is 0 Å². The number of aromatic nitrogens is 5. The van der Waals surface area contributed by atoms with Gasteiger partial charge < -0.3 is 10.6 Å². The lowest BCUT2D eigenvalue weighted by molar-refractivity contribution is 0.240. The van der Waals surface area contributed by atoms with E-state index in [1.165, 1.54) is 0 Å². The Balaban J connectivity index is 1.49. The van der Waals surface area contributed by atoms with Crippen molar-refractivity contribution in [1.82, 2.24) is 35.6 Å². The molecular weight excluding hydrogens is 294 g/mol. The second kappa shape index (κ2) is 7.12. The van der Waals surface area contributed by atoms with Crippen LogP contribution in [0.4, 0.5) is 4.79 Å². The molecule has 0 unspecified atom stereocenters. The molecular formula is C15H15N7O. The molecule has 23 heavy (non-hydrogen) atoms. The average molecular weight is 309 g/mol. The Labute approximate surface area is 132 Å². The van der Waals surface area contributed by atoms with Crippen molar-refractivity contribution >= 4 is 6.03 Å². The van der Waals surface area contributed by atoms with Gasteiger partial charge in [0, 0.05) is 18.6 Å². The molecule has 116 valence electrons. The minimum absolute atomic E-state index is 0.283. The number of amides is 2. The SMILES string of the molecule is O=C(NCc1ccccn1)NCc1cn(-c2ccncc2)nn1. The van der Waals surface area contributed by atoms with Crippen molar-refractivity contribution in [2.75, 3.05) is 0 Å². The second-order valence-corrected chi connectivity index (χ2v) is 4.72. The molecule has 8 heteroatoms. The van der Waals surface area contributed by atoms with Crippen LogP contribution in [0.15, 0.2) is 55.1 Å². The molecule has 0 aliphatic rings. The second-order valence-electron chi connectivity index (χ2n) is 4.72. The van der Waals surface area contributed by atoms with Crippen LogP contribution < -0.4 is 10.6 Å². The zero-order valence-corrected chi connectivity index (χ0v) is 12.3. The molecule has 0 aliphatic heterocycles. The molecule has 2 N–H and O–H groups in total. The molecule has 3 aromatic heterocycles. The van der Waals surface area contributed by atoms with Crippen molar-refractivity contribution in [1.29, 1.82) is 0 Å². The minimum atomic E-state index is -0.283. The number of hydrogen-bond donors (Lipinski definition) is 2. The van der Waals surface area contributed by atoms with E-state index >= 15 is 0 Å². The lowest BCUT2D eigenvalue weighted by Gasteiger charge is -2.05. The minimum Gasteiger partial charge on any atom is -0.333 e. The first-order valence-corrected chi connectivity index (χ1v) is 7.04. The highest BCUT2D eigenvalue weighted by molar-refractivity contribution is 5.73. The Kier molecular flexibility index (Phi) is 4.53. The quantitative estimate of drug-likeness (QED) is 0.734. The number of nitrogens with zero attached hydrogens (tertiary/aromatic N) is 5. The summed E-state index contributed by atoms with van der Waals surface area (Å²) in [6.07, 6.45) is 6.81. The Bertz CT molecular complexity index is 758. The summed E-state index contributed by atoms with van der Waals surface area (Å²) in [6.45, 7) is 0.662. The summed E-state index contributed by atoms with van der Waals surface area (Å²) in [7, 11) is 0. The van der Waals surface area contributed by atoms with Crippen LogP contribution in [0.2, 0.25) is 0 Å². The highest BCUT2D eigenvalue weighted by Gasteiger charge is 2.05. The molecule has 0 fully saturated rings. The van der Waals surface area contributed by atoms with E-state index in [4.69, 9.17) is 0 Å². The number of carbonyl (C=O) groups excluding carboxylic acids is 1. The average Bonchev–Trinajstić information content (AvgIpc) is 3.09. The molecule has 0 atom stereocenters. The molecule has 0 bridgehead atoms. The lowest BCUT2D eigenvalue weighted by atomic mass is 10.3. The smallest absolute Gasteiger partial charge is 0.315 e. The van der Waals surface area contributed by atoms with Gasteiger partial charge in [0.05, 0.1) is 30.7 Å². The molecule has 0 aliphatic carbocycles. The Morgan fingerprint density at radius 2 is 1.78 bits per heavy atom. The first-order valence-electron chi connectivity index (χ1n) is 7.04. The van der Waals surface area contributed by atoms with Gasteiger partial charge in [-0.1, -0.05) is 11.3 Å². The number of pyridine rings is 2. The van der Waals surface area contributed by atoms with Gasteiger partial charge in [0.15, 0.2) is 0 Å². The van der Waals surface area contributed by atoms with E-state index < -0.39 is 0 Å². The predicted molar refractivity (Wildman–Crippen MR) is 82.5 cm³/mol. The Hall–Kier alpha value is -3.29. The van der Waals surface area contributed by atoms with Crippen molar-refractivity contribution in [2.24, 2.45) is 0 Å². The van der Waals surface area contributed by atoms with Crippen LogP contribution in [0.5, 0.6) is 0 Å². The number of carbonyl (C=O) groups is 1. The molecule has 3 heterocycles. The number of hydrogen-bond acceptors (Lipinski definition) is 5. The fourth-order valence-electron chi connectivity index (χ4n) is 1.91. The van der Waals surface area contributed by atoms with Gasteiger partial charge in [-0.15, -0.1) is 5.10 Å². The first-order chi connectivity index (χ1) is 11.3. The maximum atomic E-state index is 11.8. The van der Waals surface area contributed by atoms with Crippen molar-refractivity contribution in [3.8, 4) is 5.69 Å². The lowest BCUT2D eigenvalue weighted by Crippen LogP contribution is -2.34. The summed E-state index contributed by atoms with van der Waals surface area (Å²) in [6, 6.07) is 8.92. The standard InChI is InChI=1S/C15H15N7O/c23-15(18-9-12-3-1-2-6-17-12)19-10-13-11-22(21-20-13)14-4-7-16-8-5-14/h1-8,11H,9-10H2,(H2,18,19,23). The van der Waals surface area contributed by atoms with Crippen LogP contribution in [-0.2, 0) is 13.1 Å². The zero-order chi connectivity index (χ0) is 15.9. The van der Waals surface area contributed by atoms with E-state index in [-0.39, 0.29) is 6.03 Å². The van der Waals surface area contributed by atoms with Gasteiger partial charge in [-0.05, 0) is 24.3 Å². The first kappa shape index (κ1) is 14.6. The molecule has 0 radical (unpaired) electrons. The van der Waals surface area contributed by atoms with Gasteiger partial charge >= 0.3 is 6.03 Å². The molecule has 0 saturated carbocycles. The van der Waals surface area contributed by atoms with Gasteiger partial charge in [0.1, 0.15) is 5.69 Å². The van der Waals surface area contributed by atoms with E-state index in [0.29, 0.717) is 18.8 Å². The number of urea groups is 1. The number of nitrogens with one attached hydrogen (secondary N) is 2. The zero-order valence-electron chi connectivity index (χ0n) is 12.3. The summed E-state index contributed by atoms with van der Waals surface area (Å²) in [5.41, 5.74) is 2.32. The predicted octanol–water partition coefficient (Wildman–Crippen LogP) is 1.06. The van der Waals surface area contributed by atoms with E-state index in [9.17, 15) is 4.79 Å². The van der Waals surface area contributed by atoms with E-state index in [0.717, 1.165) is 11.4 Å². The van der Waals surface area contributed by atoms with E-state index in [2.05, 4.69) is 30.9 Å². The third-order valence-electron chi connectivity index (χ3n) is 3.05. The molecule has 3 rings (SSSR count). The van der Waals surface area contributed by atoms with Gasteiger partial charge in [0.2, 0.25) is 0 Å². The van der Waals surface area contributed by atoms with Crippen molar-refractivity contribution in [3.05, 3.63) is 66.5 Å². The monoisotopic (exact) mass is 309 g/mol. The normalized spacial score (nSPS) is 10.3. The van der Waals surface area contributed by atoms with Crippen molar-refractivity contribution in [3.63, 3.8) is 0 Å². The third kappa shape index (κ3) is 4.10. The fourth-order valence-corrected chi connectivity index (χ4v) is 1.91. The third-order valence-corrected chi connectivity index (χ3v) is 3.05. The number of rotatable bonds is 5. The highest BCUT2D eigenvalue weighted by Crippen LogP contribution is 2.04. The summed E-state index contributed by atoms with van der Waals surface area (Å²) >= 11 is 0. The highest BCUT2D eigenvalue weighted by atomic mass is 16.2. The summed E-state index contributed by atoms with van der Waals surface area (Å²) in [5, 5.41) is 13.5. The molecule has 8 nitrogen and oxygen atoms in total. The molecule has 2 amide bonds. The topological polar surface area (TPSA) is 97.6 Å². The van der Waals surface area contributed by atoms with E-state index in [1.807, 2.05) is 30.3 Å². The van der Waals surface area contributed by atoms with Gasteiger partial charge in [-0.3, -0.25) is 9.97 Å². The van der Waals surface area contributed by atoms with E-state index in [1.54, 1.807) is 29.5 Å². The Morgan fingerprint density at radius 1 is 1.00 bits per heavy atom. The fraction of sp³-hybridized carbons (Fsp3) is 0.133. The largest absolute Gasteiger partial charge is 0.333 e. The molecule has 0 aromatic carbocycles. The van der Waals surface area contributed by atoms with Crippen LogP contribution in [0.25, 0.3) is 5.69 Å². The van der Waals surface area contributed by atoms with Crippen LogP contribution in [0.3, 0.4) is 0 Å². The van der Waals surface area contributed by atoms with Crippen LogP contribution in [0.1, 0.15) is 11.4 Å². The van der Waals surface area contributed by atoms with Crippen LogP contribution in [0, 0.1) is 0 Å². The summed E-state index contributed by atoms with van der Waals surface area (Å²) < 4.78 is 1.63. The summed E-state index contributed by atoms with van der Waals surface area (Å²) in [5.74, 6) is 0. The Morgan fingerprint density at radius 3 is 2.52 bits per heavy atom. The summed E-state index contributed by atoms with van der Waals surface area (Å²) in [4.78, 5) is 19.8. The van der Waals surface area contributed by atoms with Crippen molar-refractivity contribution < 1.29 is 4.79 Å². The maximum Gasteiger partial charge on any atom is 0.315 e. The maximum absolute atomic E-state index is 11.8. The molecule has 0 saturated heterocycles. The van der Waals surface area contributed by atoms with Crippen molar-refractivity contribution in [2.45, 2.75) is 13.1 Å². The molecule has 0 spiro atoms. The van der Waals surface area contributed by atoms with Gasteiger partial charge in [-0.2, -0.15) is 0 Å². The van der Waals surface area contributed by atoms with Crippen LogP contribution in [-0.4, -0.2) is 31.0 Å². The van der Waals surface area contributed by atoms with Gasteiger partial charge in [-0.25, -0.2) is 9.48 Å².